The van der Waals surface area contributed by atoms with Gasteiger partial charge in [0.1, 0.15) is 6.04 Å². The molecule has 0 spiro atoms. The minimum atomic E-state index is -0.160. The monoisotopic (exact) mass is 242 g/mol. The molecule has 1 N–H and O–H groups in total. The van der Waals surface area contributed by atoms with Crippen molar-refractivity contribution in [1.29, 1.82) is 5.26 Å². The molecule has 1 aliphatic carbocycles. The minimum Gasteiger partial charge on any atom is -0.295 e. The molecule has 1 unspecified atom stereocenters. The fourth-order valence-electron chi connectivity index (χ4n) is 2.89. The lowest BCUT2D eigenvalue weighted by atomic mass is 9.93. The fraction of sp³-hybridized carbons (Fsp3) is 0.562. The van der Waals surface area contributed by atoms with E-state index >= 15 is 0 Å². The molecule has 1 aromatic carbocycles. The lowest BCUT2D eigenvalue weighted by Gasteiger charge is -2.25. The zero-order valence-corrected chi connectivity index (χ0v) is 11.4. The molecule has 2 rings (SSSR count). The zero-order chi connectivity index (χ0) is 13.0. The molecule has 1 fully saturated rings. The number of nitrogens with zero attached hydrogens (tertiary/aromatic N) is 1. The third kappa shape index (κ3) is 3.34. The Hall–Kier alpha value is -1.33. The first-order valence-corrected chi connectivity index (χ1v) is 6.93. The van der Waals surface area contributed by atoms with Crippen molar-refractivity contribution < 1.29 is 0 Å². The average molecular weight is 242 g/mol. The highest BCUT2D eigenvalue weighted by Gasteiger charge is 2.19. The van der Waals surface area contributed by atoms with Crippen molar-refractivity contribution in [2.45, 2.75) is 58.0 Å². The molecule has 2 nitrogen and oxygen atoms in total. The number of hydrogen-bond donors (Lipinski definition) is 1. The Labute approximate surface area is 110 Å². The van der Waals surface area contributed by atoms with Gasteiger partial charge < -0.3 is 0 Å². The van der Waals surface area contributed by atoms with E-state index in [-0.39, 0.29) is 6.04 Å². The predicted octanol–water partition coefficient (Wildman–Crippen LogP) is 3.79. The summed E-state index contributed by atoms with van der Waals surface area (Å²) in [5.41, 5.74) is 3.58. The Kier molecular flexibility index (Phi) is 4.38. The molecule has 96 valence electrons. The van der Waals surface area contributed by atoms with Crippen LogP contribution in [0.25, 0.3) is 0 Å². The van der Waals surface area contributed by atoms with Crippen molar-refractivity contribution in [1.82, 2.24) is 5.32 Å². The van der Waals surface area contributed by atoms with E-state index in [1.807, 2.05) is 0 Å². The summed E-state index contributed by atoms with van der Waals surface area (Å²) in [7, 11) is 0. The van der Waals surface area contributed by atoms with E-state index in [2.05, 4.69) is 43.4 Å². The second-order valence-electron chi connectivity index (χ2n) is 5.48. The molecular formula is C16H22N2. The van der Waals surface area contributed by atoms with E-state index in [4.69, 9.17) is 0 Å². The van der Waals surface area contributed by atoms with E-state index in [1.54, 1.807) is 0 Å². The zero-order valence-electron chi connectivity index (χ0n) is 11.4. The maximum absolute atomic E-state index is 9.38. The maximum Gasteiger partial charge on any atom is 0.121 e. The molecule has 0 heterocycles. The van der Waals surface area contributed by atoms with Gasteiger partial charge >= 0.3 is 0 Å². The quantitative estimate of drug-likeness (QED) is 0.875. The van der Waals surface area contributed by atoms with Crippen LogP contribution in [-0.4, -0.2) is 6.04 Å². The summed E-state index contributed by atoms with van der Waals surface area (Å²) in [5, 5.41) is 12.9. The number of nitriles is 1. The summed E-state index contributed by atoms with van der Waals surface area (Å²) >= 11 is 0. The molecule has 0 radical (unpaired) electrons. The highest BCUT2D eigenvalue weighted by atomic mass is 14.9. The van der Waals surface area contributed by atoms with Crippen molar-refractivity contribution >= 4 is 0 Å². The van der Waals surface area contributed by atoms with Gasteiger partial charge in [0.2, 0.25) is 0 Å². The number of rotatable bonds is 3. The molecular weight excluding hydrogens is 220 g/mol. The standard InChI is InChI=1S/C16H22N2/c1-12-8-13(2)10-14(9-12)16(11-17)18-15-6-4-3-5-7-15/h8-10,15-16,18H,3-7H2,1-2H3. The lowest BCUT2D eigenvalue weighted by molar-refractivity contribution is 0.359. The lowest BCUT2D eigenvalue weighted by Crippen LogP contribution is -2.33. The molecule has 18 heavy (non-hydrogen) atoms. The molecule has 0 saturated heterocycles. The van der Waals surface area contributed by atoms with Crippen LogP contribution in [0, 0.1) is 25.2 Å². The van der Waals surface area contributed by atoms with Crippen LogP contribution in [0.5, 0.6) is 0 Å². The summed E-state index contributed by atoms with van der Waals surface area (Å²) in [6.45, 7) is 4.18. The van der Waals surface area contributed by atoms with Gasteiger partial charge in [0.25, 0.3) is 0 Å². The minimum absolute atomic E-state index is 0.160. The van der Waals surface area contributed by atoms with Crippen LogP contribution in [0.3, 0.4) is 0 Å². The number of aryl methyl sites for hydroxylation is 2. The Morgan fingerprint density at radius 3 is 2.28 bits per heavy atom. The third-order valence-electron chi connectivity index (χ3n) is 3.71. The number of hydrogen-bond acceptors (Lipinski definition) is 2. The van der Waals surface area contributed by atoms with Crippen molar-refractivity contribution in [3.05, 3.63) is 34.9 Å². The molecule has 0 amide bonds. The fourth-order valence-corrected chi connectivity index (χ4v) is 2.89. The van der Waals surface area contributed by atoms with E-state index in [0.717, 1.165) is 5.56 Å². The summed E-state index contributed by atoms with van der Waals surface area (Å²) in [6.07, 6.45) is 6.36. The normalized spacial score (nSPS) is 18.3. The van der Waals surface area contributed by atoms with Gasteiger partial charge in [-0.3, -0.25) is 5.32 Å². The van der Waals surface area contributed by atoms with Crippen molar-refractivity contribution in [2.75, 3.05) is 0 Å². The number of benzene rings is 1. The van der Waals surface area contributed by atoms with E-state index in [9.17, 15) is 5.26 Å². The molecule has 1 saturated carbocycles. The van der Waals surface area contributed by atoms with E-state index in [1.165, 1.54) is 43.2 Å². The second kappa shape index (κ2) is 6.02. The van der Waals surface area contributed by atoms with Gasteiger partial charge in [-0.1, -0.05) is 48.6 Å². The maximum atomic E-state index is 9.38. The Morgan fingerprint density at radius 1 is 1.11 bits per heavy atom. The van der Waals surface area contributed by atoms with Crippen molar-refractivity contribution in [3.63, 3.8) is 0 Å². The van der Waals surface area contributed by atoms with Crippen LogP contribution < -0.4 is 5.32 Å². The highest BCUT2D eigenvalue weighted by Crippen LogP contribution is 2.22. The van der Waals surface area contributed by atoms with Crippen LogP contribution in [-0.2, 0) is 0 Å². The molecule has 0 aliphatic heterocycles. The smallest absolute Gasteiger partial charge is 0.121 e. The van der Waals surface area contributed by atoms with Crippen LogP contribution in [0.4, 0.5) is 0 Å². The summed E-state index contributed by atoms with van der Waals surface area (Å²) in [6, 6.07) is 9.16. The molecule has 1 aromatic rings. The van der Waals surface area contributed by atoms with Crippen molar-refractivity contribution in [3.8, 4) is 6.07 Å². The second-order valence-corrected chi connectivity index (χ2v) is 5.48. The van der Waals surface area contributed by atoms with Gasteiger partial charge in [0, 0.05) is 6.04 Å². The molecule has 0 aromatic heterocycles. The Balaban J connectivity index is 2.10. The third-order valence-corrected chi connectivity index (χ3v) is 3.71. The number of nitrogens with one attached hydrogen (secondary N) is 1. The van der Waals surface area contributed by atoms with Gasteiger partial charge in [-0.05, 0) is 32.3 Å². The van der Waals surface area contributed by atoms with Gasteiger partial charge in [0.15, 0.2) is 0 Å². The topological polar surface area (TPSA) is 35.8 Å². The largest absolute Gasteiger partial charge is 0.295 e. The molecule has 0 bridgehead atoms. The Morgan fingerprint density at radius 2 is 1.72 bits per heavy atom. The van der Waals surface area contributed by atoms with E-state index in [0.29, 0.717) is 6.04 Å². The first-order valence-electron chi connectivity index (χ1n) is 6.93. The molecule has 2 heteroatoms. The van der Waals surface area contributed by atoms with Gasteiger partial charge in [0.05, 0.1) is 6.07 Å². The summed E-state index contributed by atoms with van der Waals surface area (Å²) in [5.74, 6) is 0. The summed E-state index contributed by atoms with van der Waals surface area (Å²) < 4.78 is 0. The van der Waals surface area contributed by atoms with Crippen molar-refractivity contribution in [2.24, 2.45) is 0 Å². The van der Waals surface area contributed by atoms with Crippen LogP contribution in [0.2, 0.25) is 0 Å². The average Bonchev–Trinajstić information content (AvgIpc) is 2.36. The first-order chi connectivity index (χ1) is 8.69. The van der Waals surface area contributed by atoms with Gasteiger partial charge in [-0.15, -0.1) is 0 Å². The molecule has 1 aliphatic rings. The highest BCUT2D eigenvalue weighted by molar-refractivity contribution is 5.33. The predicted molar refractivity (Wildman–Crippen MR) is 74.3 cm³/mol. The molecule has 1 atom stereocenters. The van der Waals surface area contributed by atoms with Gasteiger partial charge in [-0.25, -0.2) is 0 Å². The van der Waals surface area contributed by atoms with Crippen LogP contribution >= 0.6 is 0 Å². The van der Waals surface area contributed by atoms with Crippen LogP contribution in [0.15, 0.2) is 18.2 Å². The van der Waals surface area contributed by atoms with E-state index < -0.39 is 0 Å². The SMILES string of the molecule is Cc1cc(C)cc(C(C#N)NC2CCCCC2)c1. The van der Waals surface area contributed by atoms with Crippen LogP contribution in [0.1, 0.15) is 54.8 Å². The van der Waals surface area contributed by atoms with Gasteiger partial charge in [-0.2, -0.15) is 5.26 Å². The summed E-state index contributed by atoms with van der Waals surface area (Å²) in [4.78, 5) is 0. The first kappa shape index (κ1) is 13.1. The Bertz CT molecular complexity index is 419.